The van der Waals surface area contributed by atoms with E-state index in [-0.39, 0.29) is 17.8 Å². The molecule has 22 heavy (non-hydrogen) atoms. The maximum atomic E-state index is 12.8. The summed E-state index contributed by atoms with van der Waals surface area (Å²) in [7, 11) is 0. The standard InChI is InChI=1S/C18H20FNO2/c1-12-4-6-15(7-5-12)13(2)20-18(21)14(3)22-17-10-8-16(19)9-11-17/h4-11,13-14H,1-3H3,(H,20,21)/t13-,14-/m0/s1. The number of carbonyl (C=O) groups excluding carboxylic acids is 1. The average molecular weight is 301 g/mol. The van der Waals surface area contributed by atoms with Crippen LogP contribution in [0.15, 0.2) is 48.5 Å². The van der Waals surface area contributed by atoms with E-state index in [2.05, 4.69) is 5.32 Å². The molecule has 0 spiro atoms. The summed E-state index contributed by atoms with van der Waals surface area (Å²) in [4.78, 5) is 12.2. The van der Waals surface area contributed by atoms with E-state index in [4.69, 9.17) is 4.74 Å². The highest BCUT2D eigenvalue weighted by molar-refractivity contribution is 5.81. The third-order valence-electron chi connectivity index (χ3n) is 3.43. The number of halogens is 1. The Bertz CT molecular complexity index is 623. The molecule has 0 aliphatic rings. The molecule has 0 aliphatic heterocycles. The fourth-order valence-corrected chi connectivity index (χ4v) is 2.04. The Morgan fingerprint density at radius 3 is 2.23 bits per heavy atom. The Hall–Kier alpha value is -2.36. The molecule has 0 aromatic heterocycles. The summed E-state index contributed by atoms with van der Waals surface area (Å²) in [5.41, 5.74) is 2.21. The van der Waals surface area contributed by atoms with E-state index in [1.54, 1.807) is 6.92 Å². The van der Waals surface area contributed by atoms with Gasteiger partial charge in [-0.15, -0.1) is 0 Å². The van der Waals surface area contributed by atoms with Gasteiger partial charge in [0.1, 0.15) is 11.6 Å². The van der Waals surface area contributed by atoms with Gasteiger partial charge in [-0.2, -0.15) is 0 Å². The molecule has 0 saturated carbocycles. The molecule has 0 unspecified atom stereocenters. The van der Waals surface area contributed by atoms with E-state index in [9.17, 15) is 9.18 Å². The van der Waals surface area contributed by atoms with Crippen LogP contribution < -0.4 is 10.1 Å². The van der Waals surface area contributed by atoms with Crippen molar-refractivity contribution in [1.82, 2.24) is 5.32 Å². The molecule has 1 N–H and O–H groups in total. The van der Waals surface area contributed by atoms with Gasteiger partial charge in [-0.1, -0.05) is 29.8 Å². The van der Waals surface area contributed by atoms with Gasteiger partial charge in [-0.3, -0.25) is 4.79 Å². The van der Waals surface area contributed by atoms with Gasteiger partial charge in [-0.05, 0) is 50.6 Å². The lowest BCUT2D eigenvalue weighted by Gasteiger charge is -2.19. The molecular formula is C18H20FNO2. The summed E-state index contributed by atoms with van der Waals surface area (Å²) in [6, 6.07) is 13.5. The molecule has 2 aromatic rings. The van der Waals surface area contributed by atoms with Crippen LogP contribution in [-0.2, 0) is 4.79 Å². The lowest BCUT2D eigenvalue weighted by Crippen LogP contribution is -2.37. The lowest BCUT2D eigenvalue weighted by molar-refractivity contribution is -0.127. The number of benzene rings is 2. The summed E-state index contributed by atoms with van der Waals surface area (Å²) >= 11 is 0. The van der Waals surface area contributed by atoms with Gasteiger partial charge < -0.3 is 10.1 Å². The maximum Gasteiger partial charge on any atom is 0.261 e. The summed E-state index contributed by atoms with van der Waals surface area (Å²) < 4.78 is 18.3. The van der Waals surface area contributed by atoms with E-state index < -0.39 is 6.10 Å². The zero-order chi connectivity index (χ0) is 16.1. The highest BCUT2D eigenvalue weighted by Gasteiger charge is 2.17. The molecule has 0 heterocycles. The van der Waals surface area contributed by atoms with Crippen molar-refractivity contribution < 1.29 is 13.9 Å². The number of rotatable bonds is 5. The van der Waals surface area contributed by atoms with Crippen molar-refractivity contribution in [2.45, 2.75) is 32.9 Å². The number of carbonyl (C=O) groups is 1. The van der Waals surface area contributed by atoms with Crippen LogP contribution >= 0.6 is 0 Å². The predicted molar refractivity (Wildman–Crippen MR) is 84.2 cm³/mol. The summed E-state index contributed by atoms with van der Waals surface area (Å²) in [5.74, 6) is -0.0816. The minimum atomic E-state index is -0.654. The monoisotopic (exact) mass is 301 g/mol. The first kappa shape index (κ1) is 16.0. The fraction of sp³-hybridized carbons (Fsp3) is 0.278. The van der Waals surface area contributed by atoms with Gasteiger partial charge in [0.15, 0.2) is 6.10 Å². The van der Waals surface area contributed by atoms with E-state index in [0.717, 1.165) is 5.56 Å². The Balaban J connectivity index is 1.93. The first-order valence-electron chi connectivity index (χ1n) is 7.25. The first-order valence-corrected chi connectivity index (χ1v) is 7.25. The molecule has 2 aromatic carbocycles. The van der Waals surface area contributed by atoms with Crippen LogP contribution in [0.4, 0.5) is 4.39 Å². The fourth-order valence-electron chi connectivity index (χ4n) is 2.04. The Morgan fingerprint density at radius 1 is 1.05 bits per heavy atom. The highest BCUT2D eigenvalue weighted by Crippen LogP contribution is 2.15. The SMILES string of the molecule is Cc1ccc([C@H](C)NC(=O)[C@H](C)Oc2ccc(F)cc2)cc1. The van der Waals surface area contributed by atoms with Crippen molar-refractivity contribution in [3.8, 4) is 5.75 Å². The van der Waals surface area contributed by atoms with Crippen LogP contribution in [0.2, 0.25) is 0 Å². The zero-order valence-corrected chi connectivity index (χ0v) is 13.0. The molecule has 0 bridgehead atoms. The topological polar surface area (TPSA) is 38.3 Å². The molecule has 2 rings (SSSR count). The largest absolute Gasteiger partial charge is 0.481 e. The Morgan fingerprint density at radius 2 is 1.64 bits per heavy atom. The van der Waals surface area contributed by atoms with E-state index in [1.165, 1.54) is 29.8 Å². The number of nitrogens with one attached hydrogen (secondary N) is 1. The van der Waals surface area contributed by atoms with Crippen molar-refractivity contribution >= 4 is 5.91 Å². The minimum Gasteiger partial charge on any atom is -0.481 e. The number of aryl methyl sites for hydroxylation is 1. The molecule has 0 radical (unpaired) electrons. The van der Waals surface area contributed by atoms with Gasteiger partial charge in [0, 0.05) is 0 Å². The summed E-state index contributed by atoms with van der Waals surface area (Å²) in [6.45, 7) is 5.61. The van der Waals surface area contributed by atoms with Crippen molar-refractivity contribution in [2.75, 3.05) is 0 Å². The van der Waals surface area contributed by atoms with Crippen LogP contribution in [-0.4, -0.2) is 12.0 Å². The van der Waals surface area contributed by atoms with Gasteiger partial charge in [0.2, 0.25) is 0 Å². The molecular weight excluding hydrogens is 281 g/mol. The molecule has 4 heteroatoms. The lowest BCUT2D eigenvalue weighted by atomic mass is 10.1. The quantitative estimate of drug-likeness (QED) is 0.912. The third kappa shape index (κ3) is 4.32. The van der Waals surface area contributed by atoms with E-state index in [1.807, 2.05) is 38.1 Å². The average Bonchev–Trinajstić information content (AvgIpc) is 2.50. The second kappa shape index (κ2) is 7.07. The smallest absolute Gasteiger partial charge is 0.261 e. The van der Waals surface area contributed by atoms with Crippen molar-refractivity contribution in [2.24, 2.45) is 0 Å². The molecule has 116 valence electrons. The third-order valence-corrected chi connectivity index (χ3v) is 3.43. The second-order valence-corrected chi connectivity index (χ2v) is 5.35. The van der Waals surface area contributed by atoms with Crippen molar-refractivity contribution in [1.29, 1.82) is 0 Å². The van der Waals surface area contributed by atoms with Gasteiger partial charge >= 0.3 is 0 Å². The summed E-state index contributed by atoms with van der Waals surface area (Å²) in [5, 5.41) is 2.91. The molecule has 2 atom stereocenters. The zero-order valence-electron chi connectivity index (χ0n) is 13.0. The first-order chi connectivity index (χ1) is 10.5. The highest BCUT2D eigenvalue weighted by atomic mass is 19.1. The van der Waals surface area contributed by atoms with E-state index in [0.29, 0.717) is 5.75 Å². The number of hydrogen-bond donors (Lipinski definition) is 1. The van der Waals surface area contributed by atoms with Crippen LogP contribution in [0.1, 0.15) is 31.0 Å². The van der Waals surface area contributed by atoms with Crippen LogP contribution in [0, 0.1) is 12.7 Å². The molecule has 0 aliphatic carbocycles. The van der Waals surface area contributed by atoms with Gasteiger partial charge in [0.25, 0.3) is 5.91 Å². The molecule has 0 fully saturated rings. The van der Waals surface area contributed by atoms with E-state index >= 15 is 0 Å². The molecule has 3 nitrogen and oxygen atoms in total. The summed E-state index contributed by atoms with van der Waals surface area (Å²) in [6.07, 6.45) is -0.654. The molecule has 0 saturated heterocycles. The normalized spacial score (nSPS) is 13.3. The Labute approximate surface area is 130 Å². The van der Waals surface area contributed by atoms with Gasteiger partial charge in [0.05, 0.1) is 6.04 Å². The van der Waals surface area contributed by atoms with Crippen LogP contribution in [0.3, 0.4) is 0 Å². The van der Waals surface area contributed by atoms with Crippen molar-refractivity contribution in [3.05, 3.63) is 65.5 Å². The van der Waals surface area contributed by atoms with Gasteiger partial charge in [-0.25, -0.2) is 4.39 Å². The Kier molecular flexibility index (Phi) is 5.15. The predicted octanol–water partition coefficient (Wildman–Crippen LogP) is 3.78. The number of hydrogen-bond acceptors (Lipinski definition) is 2. The number of amides is 1. The molecule has 1 amide bonds. The maximum absolute atomic E-state index is 12.8. The second-order valence-electron chi connectivity index (χ2n) is 5.35. The van der Waals surface area contributed by atoms with Crippen LogP contribution in [0.5, 0.6) is 5.75 Å². The number of ether oxygens (including phenoxy) is 1. The van der Waals surface area contributed by atoms with Crippen molar-refractivity contribution in [3.63, 3.8) is 0 Å². The minimum absolute atomic E-state index is 0.104. The van der Waals surface area contributed by atoms with Crippen LogP contribution in [0.25, 0.3) is 0 Å².